The molecular weight excluding hydrogens is 584 g/mol. The first-order valence-electron chi connectivity index (χ1n) is 16.7. The number of carbonyl (C=O) groups excluding carboxylic acids is 3. The van der Waals surface area contributed by atoms with Crippen LogP contribution in [0, 0.1) is 29.1 Å². The maximum atomic E-state index is 14.0. The highest BCUT2D eigenvalue weighted by molar-refractivity contribution is 6.65. The van der Waals surface area contributed by atoms with Crippen LogP contribution in [0.5, 0.6) is 0 Å². The van der Waals surface area contributed by atoms with Gasteiger partial charge in [-0.3, -0.25) is 9.59 Å². The zero-order chi connectivity index (χ0) is 32.3. The number of fused-ring (bicyclic) bond motifs is 1. The van der Waals surface area contributed by atoms with Crippen LogP contribution in [0.4, 0.5) is 10.5 Å². The normalized spacial score (nSPS) is 25.1. The molecule has 2 heterocycles. The maximum absolute atomic E-state index is 14.0. The third-order valence-electron chi connectivity index (χ3n) is 10.7. The summed E-state index contributed by atoms with van der Waals surface area (Å²) in [6.07, 6.45) is 9.45. The molecule has 12 nitrogen and oxygen atoms in total. The molecule has 4 fully saturated rings. The van der Waals surface area contributed by atoms with Crippen molar-refractivity contribution >= 4 is 35.0 Å². The van der Waals surface area contributed by atoms with Crippen molar-refractivity contribution in [2.24, 2.45) is 28.8 Å². The minimum Gasteiger partial charge on any atom is -0.410 e. The molecular formula is C34H44N8O4. The summed E-state index contributed by atoms with van der Waals surface area (Å²) < 4.78 is 0. The van der Waals surface area contributed by atoms with E-state index in [2.05, 4.69) is 39.9 Å². The zero-order valence-electron chi connectivity index (χ0n) is 26.7. The summed E-state index contributed by atoms with van der Waals surface area (Å²) >= 11 is 0. The van der Waals surface area contributed by atoms with Gasteiger partial charge >= 0.3 is 6.03 Å². The number of hydrogen-bond acceptors (Lipinski definition) is 7. The Balaban J connectivity index is 1.15. The Morgan fingerprint density at radius 3 is 2.39 bits per heavy atom. The standard InChI is InChI=1S/C34H44N8O4/c1-17(2)25-16-42(33(45)38-25)34(26-15-36-30(39-26)21-8-9-21)13-22-10-11-24(12-23(22)14-34)37-32(44)29(27(19-4-5-19)20-6-7-20)40-31(43)28(41-46)18(3)35/h10-12,15,17,19-21,25,27,29,35,46H,4-9,13-14,16H2,1-3H3,(H,36,39)(H,37,44)(H,38,45)(H,40,43)/t25-,29-,34?/m0/s1. The van der Waals surface area contributed by atoms with E-state index in [1.54, 1.807) is 0 Å². The molecule has 12 heteroatoms. The second kappa shape index (κ2) is 11.5. The average molecular weight is 629 g/mol. The molecule has 7 rings (SSSR count). The summed E-state index contributed by atoms with van der Waals surface area (Å²) in [6, 6.07) is 5.08. The number of hydrogen-bond donors (Lipinski definition) is 6. The van der Waals surface area contributed by atoms with Crippen LogP contribution in [0.25, 0.3) is 0 Å². The minimum absolute atomic E-state index is 0.0133. The lowest BCUT2D eigenvalue weighted by atomic mass is 9.88. The first kappa shape index (κ1) is 30.4. The van der Waals surface area contributed by atoms with Gasteiger partial charge in [-0.2, -0.15) is 0 Å². The Bertz CT molecular complexity index is 1590. The molecule has 4 aliphatic carbocycles. The van der Waals surface area contributed by atoms with E-state index in [1.165, 1.54) is 6.92 Å². The van der Waals surface area contributed by atoms with Crippen molar-refractivity contribution in [3.8, 4) is 0 Å². The molecule has 244 valence electrons. The Hall–Kier alpha value is -4.22. The highest BCUT2D eigenvalue weighted by Crippen LogP contribution is 2.51. The molecule has 0 spiro atoms. The van der Waals surface area contributed by atoms with Crippen molar-refractivity contribution in [1.82, 2.24) is 25.5 Å². The summed E-state index contributed by atoms with van der Waals surface area (Å²) in [4.78, 5) is 50.8. The zero-order valence-corrected chi connectivity index (χ0v) is 26.7. The van der Waals surface area contributed by atoms with Crippen molar-refractivity contribution in [1.29, 1.82) is 5.41 Å². The van der Waals surface area contributed by atoms with Gasteiger partial charge in [0.05, 0.1) is 29.2 Å². The number of aromatic amines is 1. The second-order valence-electron chi connectivity index (χ2n) is 14.5. The molecule has 46 heavy (non-hydrogen) atoms. The summed E-state index contributed by atoms with van der Waals surface area (Å²) in [5, 5.41) is 29.3. The Morgan fingerprint density at radius 1 is 1.11 bits per heavy atom. The Kier molecular flexibility index (Phi) is 7.64. The molecule has 3 saturated carbocycles. The summed E-state index contributed by atoms with van der Waals surface area (Å²) in [7, 11) is 0. The number of rotatable bonds is 12. The van der Waals surface area contributed by atoms with Gasteiger partial charge in [-0.25, -0.2) is 9.78 Å². The van der Waals surface area contributed by atoms with Gasteiger partial charge < -0.3 is 36.5 Å². The van der Waals surface area contributed by atoms with Crippen molar-refractivity contribution in [3.05, 3.63) is 47.0 Å². The van der Waals surface area contributed by atoms with Gasteiger partial charge in [0.15, 0.2) is 5.71 Å². The smallest absolute Gasteiger partial charge is 0.318 e. The highest BCUT2D eigenvalue weighted by Gasteiger charge is 2.52. The summed E-state index contributed by atoms with van der Waals surface area (Å²) in [5.74, 6) is 1.40. The number of amides is 4. The third kappa shape index (κ3) is 5.66. The van der Waals surface area contributed by atoms with Crippen LogP contribution in [0.3, 0.4) is 0 Å². The lowest BCUT2D eigenvalue weighted by molar-refractivity contribution is -0.124. The van der Waals surface area contributed by atoms with E-state index in [-0.39, 0.29) is 29.6 Å². The Morgan fingerprint density at radius 2 is 1.80 bits per heavy atom. The molecule has 2 aromatic rings. The molecule has 0 radical (unpaired) electrons. The number of imidazole rings is 1. The number of nitrogens with one attached hydrogen (secondary N) is 5. The van der Waals surface area contributed by atoms with Crippen LogP contribution in [-0.4, -0.2) is 68.0 Å². The van der Waals surface area contributed by atoms with Gasteiger partial charge in [0.1, 0.15) is 11.9 Å². The topological polar surface area (TPSA) is 176 Å². The predicted octanol–water partition coefficient (Wildman–Crippen LogP) is 4.06. The second-order valence-corrected chi connectivity index (χ2v) is 14.5. The number of urea groups is 1. The van der Waals surface area contributed by atoms with E-state index >= 15 is 0 Å². The molecule has 1 saturated heterocycles. The SMILES string of the molecule is CC(=N)C(=NO)C(=O)N[C@H](C(=O)Nc1ccc2c(c1)CC(c1cnc(C3CC3)[nH]1)(N1C[C@@H](C(C)C)NC1=O)C2)C(C1CC1)C1CC1. The van der Waals surface area contributed by atoms with E-state index in [0.717, 1.165) is 61.2 Å². The number of H-pyrrole nitrogens is 1. The summed E-state index contributed by atoms with van der Waals surface area (Å²) in [5.41, 5.74) is 2.54. The average Bonchev–Trinajstić information content (AvgIpc) is 3.97. The van der Waals surface area contributed by atoms with Crippen molar-refractivity contribution in [2.45, 2.75) is 95.7 Å². The number of nitrogens with zero attached hydrogens (tertiary/aromatic N) is 3. The quantitative estimate of drug-likeness (QED) is 0.118. The largest absolute Gasteiger partial charge is 0.410 e. The van der Waals surface area contributed by atoms with Gasteiger partial charge in [-0.05, 0) is 92.4 Å². The number of benzene rings is 1. The molecule has 1 unspecified atom stereocenters. The third-order valence-corrected chi connectivity index (χ3v) is 10.7. The number of oxime groups is 1. The number of aromatic nitrogens is 2. The number of carbonyl (C=O) groups is 3. The fourth-order valence-corrected chi connectivity index (χ4v) is 7.65. The van der Waals surface area contributed by atoms with E-state index in [1.807, 2.05) is 29.3 Å². The fraction of sp³-hybridized carbons (Fsp3) is 0.588. The fourth-order valence-electron chi connectivity index (χ4n) is 7.65. The van der Waals surface area contributed by atoms with Crippen LogP contribution in [0.15, 0.2) is 29.6 Å². The van der Waals surface area contributed by atoms with Crippen molar-refractivity contribution in [2.75, 3.05) is 11.9 Å². The monoisotopic (exact) mass is 628 g/mol. The van der Waals surface area contributed by atoms with Crippen LogP contribution in [-0.2, 0) is 28.0 Å². The number of anilines is 1. The van der Waals surface area contributed by atoms with Crippen molar-refractivity contribution in [3.63, 3.8) is 0 Å². The van der Waals surface area contributed by atoms with Crippen LogP contribution < -0.4 is 16.0 Å². The molecule has 0 bridgehead atoms. The van der Waals surface area contributed by atoms with E-state index in [4.69, 9.17) is 10.4 Å². The molecule has 1 aliphatic heterocycles. The molecule has 6 N–H and O–H groups in total. The molecule has 3 atom stereocenters. The maximum Gasteiger partial charge on any atom is 0.318 e. The minimum atomic E-state index is -0.817. The first-order valence-corrected chi connectivity index (χ1v) is 16.7. The van der Waals surface area contributed by atoms with Crippen molar-refractivity contribution < 1.29 is 19.6 Å². The van der Waals surface area contributed by atoms with Gasteiger partial charge in [0.25, 0.3) is 5.91 Å². The first-order chi connectivity index (χ1) is 22.1. The van der Waals surface area contributed by atoms with E-state index in [9.17, 15) is 19.6 Å². The molecule has 1 aromatic carbocycles. The van der Waals surface area contributed by atoms with Gasteiger partial charge in [-0.15, -0.1) is 0 Å². The molecule has 1 aromatic heterocycles. The van der Waals surface area contributed by atoms with Crippen LogP contribution in [0.1, 0.15) is 87.9 Å². The van der Waals surface area contributed by atoms with Gasteiger partial charge in [-0.1, -0.05) is 25.1 Å². The lowest BCUT2D eigenvalue weighted by Gasteiger charge is -2.37. The van der Waals surface area contributed by atoms with Crippen LogP contribution >= 0.6 is 0 Å². The highest BCUT2D eigenvalue weighted by atomic mass is 16.4. The van der Waals surface area contributed by atoms with Gasteiger partial charge in [0, 0.05) is 31.0 Å². The predicted molar refractivity (Wildman–Crippen MR) is 172 cm³/mol. The lowest BCUT2D eigenvalue weighted by Crippen LogP contribution is -2.52. The van der Waals surface area contributed by atoms with E-state index in [0.29, 0.717) is 48.7 Å². The molecule has 5 aliphatic rings. The molecule has 4 amide bonds. The summed E-state index contributed by atoms with van der Waals surface area (Å²) in [6.45, 7) is 6.22. The van der Waals surface area contributed by atoms with Gasteiger partial charge in [0.2, 0.25) is 5.91 Å². The Labute approximate surface area is 268 Å². The van der Waals surface area contributed by atoms with Crippen LogP contribution in [0.2, 0.25) is 0 Å². The van der Waals surface area contributed by atoms with E-state index < -0.39 is 23.2 Å².